The zero-order valence-corrected chi connectivity index (χ0v) is 8.29. The smallest absolute Gasteiger partial charge is 0.214 e. The standard InChI is InChI=1S/C11H13FN2/c1-4-9(8(2)3)13-11-7-5-6-10(12)14-11/h1,5-9H,2-3H3,(H,13,14). The van der Waals surface area contributed by atoms with Crippen molar-refractivity contribution < 1.29 is 4.39 Å². The van der Waals surface area contributed by atoms with Crippen LogP contribution in [-0.2, 0) is 0 Å². The second-order valence-corrected chi connectivity index (χ2v) is 3.38. The largest absolute Gasteiger partial charge is 0.356 e. The molecule has 1 aromatic rings. The predicted molar refractivity (Wildman–Crippen MR) is 55.3 cm³/mol. The third-order valence-electron chi connectivity index (χ3n) is 1.86. The van der Waals surface area contributed by atoms with Crippen LogP contribution in [0.15, 0.2) is 18.2 Å². The van der Waals surface area contributed by atoms with E-state index in [1.807, 2.05) is 13.8 Å². The topological polar surface area (TPSA) is 24.9 Å². The molecule has 1 rings (SSSR count). The lowest BCUT2D eigenvalue weighted by atomic mass is 10.1. The van der Waals surface area contributed by atoms with Gasteiger partial charge in [-0.1, -0.05) is 25.8 Å². The first kappa shape index (κ1) is 10.5. The molecule has 0 spiro atoms. The predicted octanol–water partition coefficient (Wildman–Crippen LogP) is 2.29. The fourth-order valence-corrected chi connectivity index (χ4v) is 1.05. The molecule has 0 fully saturated rings. The molecular weight excluding hydrogens is 179 g/mol. The molecule has 0 amide bonds. The van der Waals surface area contributed by atoms with Crippen LogP contribution in [0.25, 0.3) is 0 Å². The summed E-state index contributed by atoms with van der Waals surface area (Å²) in [6.07, 6.45) is 5.33. The second kappa shape index (κ2) is 4.61. The van der Waals surface area contributed by atoms with E-state index in [0.29, 0.717) is 5.82 Å². The Bertz CT molecular complexity index is 341. The van der Waals surface area contributed by atoms with Gasteiger partial charge in [-0.25, -0.2) is 4.98 Å². The van der Waals surface area contributed by atoms with Crippen molar-refractivity contribution in [3.63, 3.8) is 0 Å². The molecule has 1 heterocycles. The SMILES string of the molecule is C#CC(Nc1cccc(F)n1)C(C)C. The van der Waals surface area contributed by atoms with Crippen molar-refractivity contribution in [2.75, 3.05) is 5.32 Å². The molecule has 14 heavy (non-hydrogen) atoms. The van der Waals surface area contributed by atoms with Gasteiger partial charge in [-0.05, 0) is 18.1 Å². The van der Waals surface area contributed by atoms with E-state index in [1.165, 1.54) is 6.07 Å². The minimum atomic E-state index is -0.505. The first-order valence-corrected chi connectivity index (χ1v) is 4.48. The lowest BCUT2D eigenvalue weighted by molar-refractivity contribution is 0.578. The van der Waals surface area contributed by atoms with Crippen molar-refractivity contribution in [1.29, 1.82) is 0 Å². The number of pyridine rings is 1. The van der Waals surface area contributed by atoms with Gasteiger partial charge in [0, 0.05) is 0 Å². The van der Waals surface area contributed by atoms with E-state index < -0.39 is 5.95 Å². The zero-order valence-electron chi connectivity index (χ0n) is 8.29. The van der Waals surface area contributed by atoms with E-state index >= 15 is 0 Å². The van der Waals surface area contributed by atoms with Crippen LogP contribution in [-0.4, -0.2) is 11.0 Å². The van der Waals surface area contributed by atoms with Crippen LogP contribution >= 0.6 is 0 Å². The van der Waals surface area contributed by atoms with Crippen LogP contribution in [0.1, 0.15) is 13.8 Å². The average Bonchev–Trinajstić information content (AvgIpc) is 2.14. The third-order valence-corrected chi connectivity index (χ3v) is 1.86. The summed E-state index contributed by atoms with van der Waals surface area (Å²) in [5.74, 6) is 2.85. The number of rotatable bonds is 3. The van der Waals surface area contributed by atoms with E-state index in [9.17, 15) is 4.39 Å². The van der Waals surface area contributed by atoms with Crippen LogP contribution in [0.5, 0.6) is 0 Å². The van der Waals surface area contributed by atoms with Crippen molar-refractivity contribution in [2.45, 2.75) is 19.9 Å². The molecule has 0 bridgehead atoms. The van der Waals surface area contributed by atoms with Gasteiger partial charge in [0.15, 0.2) is 0 Å². The summed E-state index contributed by atoms with van der Waals surface area (Å²) in [6.45, 7) is 3.99. The number of hydrogen-bond acceptors (Lipinski definition) is 2. The first-order valence-electron chi connectivity index (χ1n) is 4.48. The van der Waals surface area contributed by atoms with Gasteiger partial charge < -0.3 is 5.32 Å². The highest BCUT2D eigenvalue weighted by Gasteiger charge is 2.09. The van der Waals surface area contributed by atoms with Gasteiger partial charge in [-0.15, -0.1) is 6.42 Å². The molecule has 1 N–H and O–H groups in total. The zero-order chi connectivity index (χ0) is 10.6. The van der Waals surface area contributed by atoms with Crippen LogP contribution in [0, 0.1) is 24.2 Å². The monoisotopic (exact) mass is 192 g/mol. The van der Waals surface area contributed by atoms with Gasteiger partial charge in [0.25, 0.3) is 0 Å². The van der Waals surface area contributed by atoms with Crippen LogP contribution in [0.2, 0.25) is 0 Å². The second-order valence-electron chi connectivity index (χ2n) is 3.38. The summed E-state index contributed by atoms with van der Waals surface area (Å²) in [5.41, 5.74) is 0. The fraction of sp³-hybridized carbons (Fsp3) is 0.364. The van der Waals surface area contributed by atoms with E-state index in [1.54, 1.807) is 12.1 Å². The van der Waals surface area contributed by atoms with Crippen LogP contribution in [0.3, 0.4) is 0 Å². The normalized spacial score (nSPS) is 12.2. The number of terminal acetylenes is 1. The van der Waals surface area contributed by atoms with Crippen LogP contribution < -0.4 is 5.32 Å². The molecule has 74 valence electrons. The van der Waals surface area contributed by atoms with E-state index in [0.717, 1.165) is 0 Å². The molecule has 0 saturated carbocycles. The quantitative estimate of drug-likeness (QED) is 0.587. The summed E-state index contributed by atoms with van der Waals surface area (Å²) in [5, 5.41) is 2.98. The highest BCUT2D eigenvalue weighted by atomic mass is 19.1. The number of nitrogens with zero attached hydrogens (tertiary/aromatic N) is 1. The van der Waals surface area contributed by atoms with Crippen molar-refractivity contribution in [3.8, 4) is 12.3 Å². The van der Waals surface area contributed by atoms with Gasteiger partial charge in [-0.3, -0.25) is 0 Å². The van der Waals surface area contributed by atoms with Crippen LogP contribution in [0.4, 0.5) is 10.2 Å². The third kappa shape index (κ3) is 2.74. The maximum atomic E-state index is 12.7. The summed E-state index contributed by atoms with van der Waals surface area (Å²) >= 11 is 0. The minimum Gasteiger partial charge on any atom is -0.356 e. The maximum absolute atomic E-state index is 12.7. The number of aromatic nitrogens is 1. The van der Waals surface area contributed by atoms with Gasteiger partial charge >= 0.3 is 0 Å². The number of anilines is 1. The van der Waals surface area contributed by atoms with E-state index in [2.05, 4.69) is 16.2 Å². The first-order chi connectivity index (χ1) is 6.63. The molecule has 2 nitrogen and oxygen atoms in total. The molecule has 0 aliphatic carbocycles. The highest BCUT2D eigenvalue weighted by molar-refractivity contribution is 5.37. The average molecular weight is 192 g/mol. The Balaban J connectivity index is 2.73. The van der Waals surface area contributed by atoms with Crippen molar-refractivity contribution in [3.05, 3.63) is 24.1 Å². The fourth-order valence-electron chi connectivity index (χ4n) is 1.05. The van der Waals surface area contributed by atoms with E-state index in [4.69, 9.17) is 6.42 Å². The van der Waals surface area contributed by atoms with Crippen molar-refractivity contribution in [1.82, 2.24) is 4.98 Å². The molecule has 1 unspecified atom stereocenters. The Morgan fingerprint density at radius 1 is 1.50 bits per heavy atom. The summed E-state index contributed by atoms with van der Waals surface area (Å²) in [4.78, 5) is 3.67. The number of halogens is 1. The summed E-state index contributed by atoms with van der Waals surface area (Å²) in [7, 11) is 0. The Morgan fingerprint density at radius 2 is 2.21 bits per heavy atom. The van der Waals surface area contributed by atoms with Gasteiger partial charge in [0.05, 0.1) is 6.04 Å². The molecular formula is C11H13FN2. The number of hydrogen-bond donors (Lipinski definition) is 1. The molecule has 0 aliphatic rings. The lowest BCUT2D eigenvalue weighted by Gasteiger charge is -2.16. The molecule has 3 heteroatoms. The summed E-state index contributed by atoms with van der Waals surface area (Å²) in [6, 6.07) is 4.46. The lowest BCUT2D eigenvalue weighted by Crippen LogP contribution is -2.24. The molecule has 1 aromatic heterocycles. The minimum absolute atomic E-state index is 0.121. The molecule has 0 aliphatic heterocycles. The highest BCUT2D eigenvalue weighted by Crippen LogP contribution is 2.09. The molecule has 1 atom stereocenters. The Hall–Kier alpha value is -1.56. The number of nitrogens with one attached hydrogen (secondary N) is 1. The van der Waals surface area contributed by atoms with Crippen molar-refractivity contribution >= 4 is 5.82 Å². The molecule has 0 radical (unpaired) electrons. The Kier molecular flexibility index (Phi) is 3.47. The maximum Gasteiger partial charge on any atom is 0.214 e. The molecule has 0 aromatic carbocycles. The Morgan fingerprint density at radius 3 is 2.71 bits per heavy atom. The van der Waals surface area contributed by atoms with E-state index in [-0.39, 0.29) is 12.0 Å². The van der Waals surface area contributed by atoms with Gasteiger partial charge in [-0.2, -0.15) is 4.39 Å². The van der Waals surface area contributed by atoms with Gasteiger partial charge in [0.2, 0.25) is 5.95 Å². The molecule has 0 saturated heterocycles. The summed E-state index contributed by atoms with van der Waals surface area (Å²) < 4.78 is 12.7. The van der Waals surface area contributed by atoms with Crippen molar-refractivity contribution in [2.24, 2.45) is 5.92 Å². The van der Waals surface area contributed by atoms with Gasteiger partial charge in [0.1, 0.15) is 5.82 Å². The Labute approximate surface area is 83.6 Å².